The number of halogens is 1. The molecular weight excluding hydrogens is 291 g/mol. The minimum Gasteiger partial charge on any atom is -0.481 e. The third-order valence-corrected chi connectivity index (χ3v) is 4.57. The van der Waals surface area contributed by atoms with Gasteiger partial charge in [-0.2, -0.15) is 0 Å². The molecule has 3 nitrogen and oxygen atoms in total. The van der Waals surface area contributed by atoms with Crippen molar-refractivity contribution in [2.24, 2.45) is 5.92 Å². The van der Waals surface area contributed by atoms with Gasteiger partial charge >= 0.3 is 0 Å². The number of aryl methyl sites for hydroxylation is 1. The summed E-state index contributed by atoms with van der Waals surface area (Å²) in [6.45, 7) is 4.76. The van der Waals surface area contributed by atoms with Gasteiger partial charge in [0.05, 0.1) is 7.11 Å². The van der Waals surface area contributed by atoms with E-state index in [9.17, 15) is 4.39 Å². The standard InChI is InChI=1S/C19H23FN2O/c1-14-5-6-15(11-18(14)20)10-16-7-9-22(12-16)13-17-4-3-8-21-19(17)23-2/h3-6,8,11,16H,7,9-10,12-13H2,1-2H3. The summed E-state index contributed by atoms with van der Waals surface area (Å²) in [5.41, 5.74) is 2.93. The second-order valence-corrected chi connectivity index (χ2v) is 6.35. The molecule has 122 valence electrons. The van der Waals surface area contributed by atoms with Gasteiger partial charge in [0.15, 0.2) is 0 Å². The zero-order valence-electron chi connectivity index (χ0n) is 13.8. The van der Waals surface area contributed by atoms with E-state index in [1.54, 1.807) is 26.3 Å². The van der Waals surface area contributed by atoms with Crippen molar-refractivity contribution >= 4 is 0 Å². The van der Waals surface area contributed by atoms with Gasteiger partial charge in [0.25, 0.3) is 0 Å². The van der Waals surface area contributed by atoms with Crippen molar-refractivity contribution in [3.8, 4) is 5.88 Å². The zero-order valence-corrected chi connectivity index (χ0v) is 13.8. The second kappa shape index (κ2) is 7.09. The molecule has 1 unspecified atom stereocenters. The molecule has 3 rings (SSSR count). The Morgan fingerprint density at radius 2 is 2.22 bits per heavy atom. The first-order valence-corrected chi connectivity index (χ1v) is 8.11. The summed E-state index contributed by atoms with van der Waals surface area (Å²) in [7, 11) is 1.66. The van der Waals surface area contributed by atoms with Crippen LogP contribution in [0.4, 0.5) is 4.39 Å². The van der Waals surface area contributed by atoms with Crippen LogP contribution in [0.5, 0.6) is 5.88 Å². The van der Waals surface area contributed by atoms with E-state index in [0.29, 0.717) is 17.4 Å². The van der Waals surface area contributed by atoms with Crippen LogP contribution >= 0.6 is 0 Å². The predicted molar refractivity (Wildman–Crippen MR) is 89.0 cm³/mol. The maximum atomic E-state index is 13.7. The van der Waals surface area contributed by atoms with Crippen LogP contribution in [0.2, 0.25) is 0 Å². The molecule has 1 saturated heterocycles. The van der Waals surface area contributed by atoms with Crippen molar-refractivity contribution in [1.29, 1.82) is 0 Å². The van der Waals surface area contributed by atoms with Gasteiger partial charge in [0.1, 0.15) is 5.82 Å². The van der Waals surface area contributed by atoms with Gasteiger partial charge in [-0.25, -0.2) is 9.37 Å². The van der Waals surface area contributed by atoms with Crippen LogP contribution in [-0.2, 0) is 13.0 Å². The molecule has 0 bridgehead atoms. The Balaban J connectivity index is 1.59. The van der Waals surface area contributed by atoms with Gasteiger partial charge in [-0.3, -0.25) is 4.90 Å². The first kappa shape index (κ1) is 15.9. The molecule has 0 saturated carbocycles. The molecule has 2 heterocycles. The third kappa shape index (κ3) is 3.88. The van der Waals surface area contributed by atoms with Gasteiger partial charge in [0.2, 0.25) is 5.88 Å². The van der Waals surface area contributed by atoms with Crippen LogP contribution in [0, 0.1) is 18.7 Å². The number of benzene rings is 1. The lowest BCUT2D eigenvalue weighted by molar-refractivity contribution is 0.305. The largest absolute Gasteiger partial charge is 0.481 e. The van der Waals surface area contributed by atoms with Crippen molar-refractivity contribution in [2.45, 2.75) is 26.3 Å². The van der Waals surface area contributed by atoms with Crippen molar-refractivity contribution in [1.82, 2.24) is 9.88 Å². The molecule has 0 spiro atoms. The fourth-order valence-electron chi connectivity index (χ4n) is 3.29. The highest BCUT2D eigenvalue weighted by atomic mass is 19.1. The van der Waals surface area contributed by atoms with Gasteiger partial charge < -0.3 is 4.74 Å². The van der Waals surface area contributed by atoms with E-state index in [0.717, 1.165) is 43.6 Å². The van der Waals surface area contributed by atoms with Gasteiger partial charge in [-0.05, 0) is 55.5 Å². The molecule has 1 aromatic carbocycles. The normalized spacial score (nSPS) is 18.3. The Kier molecular flexibility index (Phi) is 4.91. The van der Waals surface area contributed by atoms with E-state index in [-0.39, 0.29) is 5.82 Å². The maximum Gasteiger partial charge on any atom is 0.217 e. The molecule has 1 aliphatic heterocycles. The number of aromatic nitrogens is 1. The Morgan fingerprint density at radius 1 is 1.35 bits per heavy atom. The number of hydrogen-bond donors (Lipinski definition) is 0. The molecule has 0 aliphatic carbocycles. The minimum absolute atomic E-state index is 0.0996. The van der Waals surface area contributed by atoms with E-state index in [1.165, 1.54) is 0 Å². The average molecular weight is 314 g/mol. The zero-order chi connectivity index (χ0) is 16.2. The first-order valence-electron chi connectivity index (χ1n) is 8.11. The molecule has 23 heavy (non-hydrogen) atoms. The fraction of sp³-hybridized carbons (Fsp3) is 0.421. The van der Waals surface area contributed by atoms with Gasteiger partial charge in [-0.1, -0.05) is 18.2 Å². The first-order chi connectivity index (χ1) is 11.2. The number of rotatable bonds is 5. The van der Waals surface area contributed by atoms with Crippen LogP contribution in [0.3, 0.4) is 0 Å². The molecule has 4 heteroatoms. The second-order valence-electron chi connectivity index (χ2n) is 6.35. The SMILES string of the molecule is COc1ncccc1CN1CCC(Cc2ccc(C)c(F)c2)C1. The van der Waals surface area contributed by atoms with Crippen molar-refractivity contribution in [3.63, 3.8) is 0 Å². The number of pyridine rings is 1. The lowest BCUT2D eigenvalue weighted by Crippen LogP contribution is -2.21. The van der Waals surface area contributed by atoms with Crippen LogP contribution in [-0.4, -0.2) is 30.1 Å². The van der Waals surface area contributed by atoms with Crippen LogP contribution < -0.4 is 4.74 Å². The summed E-state index contributed by atoms with van der Waals surface area (Å²) in [4.78, 5) is 6.68. The summed E-state index contributed by atoms with van der Waals surface area (Å²) < 4.78 is 19.0. The fourth-order valence-corrected chi connectivity index (χ4v) is 3.29. The topological polar surface area (TPSA) is 25.4 Å². The highest BCUT2D eigenvalue weighted by Crippen LogP contribution is 2.25. The Labute approximate surface area is 137 Å². The summed E-state index contributed by atoms with van der Waals surface area (Å²) in [6, 6.07) is 9.61. The number of nitrogens with zero attached hydrogens (tertiary/aromatic N) is 2. The lowest BCUT2D eigenvalue weighted by atomic mass is 9.98. The van der Waals surface area contributed by atoms with Crippen LogP contribution in [0.15, 0.2) is 36.5 Å². The molecule has 0 radical (unpaired) electrons. The molecule has 1 fully saturated rings. The quantitative estimate of drug-likeness (QED) is 0.843. The Hall–Kier alpha value is -1.94. The Bertz CT molecular complexity index is 674. The number of methoxy groups -OCH3 is 1. The van der Waals surface area contributed by atoms with Crippen molar-refractivity contribution in [2.75, 3.05) is 20.2 Å². The minimum atomic E-state index is -0.0996. The molecule has 1 atom stereocenters. The van der Waals surface area contributed by atoms with E-state index in [1.807, 2.05) is 18.2 Å². The monoisotopic (exact) mass is 314 g/mol. The van der Waals surface area contributed by atoms with E-state index in [4.69, 9.17) is 4.74 Å². The summed E-state index contributed by atoms with van der Waals surface area (Å²) >= 11 is 0. The highest BCUT2D eigenvalue weighted by molar-refractivity contribution is 5.26. The average Bonchev–Trinajstić information content (AvgIpc) is 2.98. The van der Waals surface area contributed by atoms with E-state index in [2.05, 4.69) is 16.0 Å². The lowest BCUT2D eigenvalue weighted by Gasteiger charge is -2.17. The Morgan fingerprint density at radius 3 is 3.00 bits per heavy atom. The smallest absolute Gasteiger partial charge is 0.217 e. The summed E-state index contributed by atoms with van der Waals surface area (Å²) in [5.74, 6) is 1.19. The van der Waals surface area contributed by atoms with E-state index >= 15 is 0 Å². The van der Waals surface area contributed by atoms with Crippen LogP contribution in [0.1, 0.15) is 23.1 Å². The molecular formula is C19H23FN2O. The van der Waals surface area contributed by atoms with Crippen LogP contribution in [0.25, 0.3) is 0 Å². The maximum absolute atomic E-state index is 13.7. The van der Waals surface area contributed by atoms with Crippen molar-refractivity contribution < 1.29 is 9.13 Å². The number of likely N-dealkylation sites (tertiary alicyclic amines) is 1. The highest BCUT2D eigenvalue weighted by Gasteiger charge is 2.23. The molecule has 1 aromatic heterocycles. The number of hydrogen-bond acceptors (Lipinski definition) is 3. The molecule has 0 N–H and O–H groups in total. The van der Waals surface area contributed by atoms with E-state index < -0.39 is 0 Å². The van der Waals surface area contributed by atoms with Gasteiger partial charge in [-0.15, -0.1) is 0 Å². The van der Waals surface area contributed by atoms with Crippen molar-refractivity contribution in [3.05, 3.63) is 59.0 Å². The number of ether oxygens (including phenoxy) is 1. The molecule has 0 amide bonds. The predicted octanol–water partition coefficient (Wildman–Crippen LogP) is 3.60. The summed E-state index contributed by atoms with van der Waals surface area (Å²) in [6.07, 6.45) is 3.84. The summed E-state index contributed by atoms with van der Waals surface area (Å²) in [5, 5.41) is 0. The molecule has 1 aliphatic rings. The molecule has 2 aromatic rings. The van der Waals surface area contributed by atoms with Gasteiger partial charge in [0, 0.05) is 24.8 Å². The third-order valence-electron chi connectivity index (χ3n) is 4.57.